The molecular weight excluding hydrogens is 258 g/mol. The van der Waals surface area contributed by atoms with E-state index in [1.807, 2.05) is 0 Å². The van der Waals surface area contributed by atoms with Crippen LogP contribution in [0.25, 0.3) is 0 Å². The van der Waals surface area contributed by atoms with Crippen molar-refractivity contribution in [1.29, 1.82) is 0 Å². The first kappa shape index (κ1) is 14.6. The number of carbonyl (C=O) groups is 1. The first-order valence-electron chi connectivity index (χ1n) is 8.29. The molecule has 0 N–H and O–H groups in total. The Bertz CT molecular complexity index is 516. The number of hydrogen-bond acceptors (Lipinski definition) is 1. The number of fused-ring (bicyclic) bond motifs is 1. The number of benzene rings is 1. The van der Waals surface area contributed by atoms with Crippen molar-refractivity contribution in [1.82, 2.24) is 4.90 Å². The van der Waals surface area contributed by atoms with Gasteiger partial charge in [0, 0.05) is 13.0 Å². The van der Waals surface area contributed by atoms with Crippen LogP contribution in [-0.2, 0) is 10.3 Å². The third-order valence-corrected chi connectivity index (χ3v) is 5.62. The van der Waals surface area contributed by atoms with Crippen molar-refractivity contribution in [2.45, 2.75) is 58.4 Å². The van der Waals surface area contributed by atoms with Gasteiger partial charge in [-0.15, -0.1) is 0 Å². The van der Waals surface area contributed by atoms with Crippen LogP contribution in [0, 0.1) is 11.3 Å². The summed E-state index contributed by atoms with van der Waals surface area (Å²) >= 11 is 0. The predicted octanol–water partition coefficient (Wildman–Crippen LogP) is 4.35. The number of amides is 1. The lowest BCUT2D eigenvalue weighted by molar-refractivity contribution is -0.134. The fourth-order valence-electron chi connectivity index (χ4n) is 4.30. The standard InChI is InChI=1S/C19H27NO/c1-18(2,3)16-10-11-17(21)20-13-7-12-19(20,14-16)15-8-5-4-6-9-15/h4-6,8-9,16H,7,10-14H2,1-3H3/t16-,19+/m0/s1. The third-order valence-electron chi connectivity index (χ3n) is 5.62. The molecule has 2 heteroatoms. The minimum Gasteiger partial charge on any atom is -0.333 e. The van der Waals surface area contributed by atoms with Crippen LogP contribution in [0.1, 0.15) is 58.4 Å². The van der Waals surface area contributed by atoms with Crippen molar-refractivity contribution < 1.29 is 4.79 Å². The highest BCUT2D eigenvalue weighted by atomic mass is 16.2. The topological polar surface area (TPSA) is 20.3 Å². The van der Waals surface area contributed by atoms with Gasteiger partial charge in [-0.05, 0) is 42.6 Å². The van der Waals surface area contributed by atoms with Crippen LogP contribution >= 0.6 is 0 Å². The van der Waals surface area contributed by atoms with E-state index in [-0.39, 0.29) is 11.0 Å². The maximum atomic E-state index is 12.7. The minimum atomic E-state index is -0.0488. The second-order valence-corrected chi connectivity index (χ2v) is 7.85. The summed E-state index contributed by atoms with van der Waals surface area (Å²) in [6.07, 6.45) is 5.13. The summed E-state index contributed by atoms with van der Waals surface area (Å²) < 4.78 is 0. The van der Waals surface area contributed by atoms with E-state index in [4.69, 9.17) is 0 Å². The SMILES string of the molecule is CC(C)(C)[C@H]1CCC(=O)N2CCC[C@]2(c2ccccc2)C1. The summed E-state index contributed by atoms with van der Waals surface area (Å²) in [6.45, 7) is 7.91. The Morgan fingerprint density at radius 1 is 1.19 bits per heavy atom. The second-order valence-electron chi connectivity index (χ2n) is 7.85. The van der Waals surface area contributed by atoms with Crippen molar-refractivity contribution in [2.75, 3.05) is 6.54 Å². The highest BCUT2D eigenvalue weighted by molar-refractivity contribution is 5.78. The minimum absolute atomic E-state index is 0.0488. The molecular formula is C19H27NO. The number of nitrogens with zero attached hydrogens (tertiary/aromatic N) is 1. The molecule has 0 radical (unpaired) electrons. The molecule has 1 amide bonds. The summed E-state index contributed by atoms with van der Waals surface area (Å²) in [7, 11) is 0. The molecule has 0 aliphatic carbocycles. The van der Waals surface area contributed by atoms with Crippen molar-refractivity contribution in [2.24, 2.45) is 11.3 Å². The molecule has 0 saturated carbocycles. The van der Waals surface area contributed by atoms with Crippen LogP contribution in [0.2, 0.25) is 0 Å². The Morgan fingerprint density at radius 3 is 2.57 bits per heavy atom. The van der Waals surface area contributed by atoms with Gasteiger partial charge in [0.25, 0.3) is 0 Å². The molecule has 1 aromatic carbocycles. The molecule has 2 saturated heterocycles. The maximum Gasteiger partial charge on any atom is 0.223 e. The van der Waals surface area contributed by atoms with Gasteiger partial charge in [0.15, 0.2) is 0 Å². The Hall–Kier alpha value is -1.31. The molecule has 0 aromatic heterocycles. The highest BCUT2D eigenvalue weighted by Crippen LogP contribution is 2.50. The van der Waals surface area contributed by atoms with Crippen molar-refractivity contribution in [3.63, 3.8) is 0 Å². The zero-order chi connectivity index (χ0) is 15.1. The van der Waals surface area contributed by atoms with Gasteiger partial charge < -0.3 is 4.90 Å². The summed E-state index contributed by atoms with van der Waals surface area (Å²) in [4.78, 5) is 14.9. The lowest BCUT2D eigenvalue weighted by Crippen LogP contribution is -2.45. The number of carbonyl (C=O) groups excluding carboxylic acids is 1. The maximum absolute atomic E-state index is 12.7. The lowest BCUT2D eigenvalue weighted by Gasteiger charge is -2.42. The Kier molecular flexibility index (Phi) is 3.59. The van der Waals surface area contributed by atoms with Gasteiger partial charge in [-0.3, -0.25) is 4.79 Å². The summed E-state index contributed by atoms with van der Waals surface area (Å²) in [6, 6.07) is 10.7. The molecule has 2 heterocycles. The number of rotatable bonds is 1. The summed E-state index contributed by atoms with van der Waals surface area (Å²) in [5.74, 6) is 0.966. The van der Waals surface area contributed by atoms with E-state index in [9.17, 15) is 4.79 Å². The fraction of sp³-hybridized carbons (Fsp3) is 0.632. The Labute approximate surface area is 128 Å². The van der Waals surface area contributed by atoms with E-state index in [1.165, 1.54) is 5.56 Å². The Balaban J connectivity index is 2.06. The van der Waals surface area contributed by atoms with Crippen molar-refractivity contribution in [3.8, 4) is 0 Å². The fourth-order valence-corrected chi connectivity index (χ4v) is 4.30. The van der Waals surface area contributed by atoms with E-state index < -0.39 is 0 Å². The smallest absolute Gasteiger partial charge is 0.223 e. The van der Waals surface area contributed by atoms with Crippen LogP contribution in [0.5, 0.6) is 0 Å². The molecule has 0 unspecified atom stereocenters. The molecule has 2 aliphatic heterocycles. The molecule has 1 aromatic rings. The average molecular weight is 285 g/mol. The van der Waals surface area contributed by atoms with Gasteiger partial charge >= 0.3 is 0 Å². The zero-order valence-electron chi connectivity index (χ0n) is 13.6. The van der Waals surface area contributed by atoms with Gasteiger partial charge in [-0.1, -0.05) is 51.1 Å². The van der Waals surface area contributed by atoms with E-state index in [0.29, 0.717) is 11.8 Å². The van der Waals surface area contributed by atoms with E-state index in [0.717, 1.165) is 38.6 Å². The average Bonchev–Trinajstić information content (AvgIpc) is 2.82. The van der Waals surface area contributed by atoms with E-state index >= 15 is 0 Å². The largest absolute Gasteiger partial charge is 0.333 e. The van der Waals surface area contributed by atoms with Crippen molar-refractivity contribution in [3.05, 3.63) is 35.9 Å². The van der Waals surface area contributed by atoms with Crippen molar-refractivity contribution >= 4 is 5.91 Å². The second kappa shape index (κ2) is 5.15. The first-order valence-corrected chi connectivity index (χ1v) is 8.29. The van der Waals surface area contributed by atoms with E-state index in [1.54, 1.807) is 0 Å². The molecule has 2 nitrogen and oxygen atoms in total. The van der Waals surface area contributed by atoms with Gasteiger partial charge in [0.05, 0.1) is 5.54 Å². The number of hydrogen-bond donors (Lipinski definition) is 0. The van der Waals surface area contributed by atoms with Crippen LogP contribution in [0.15, 0.2) is 30.3 Å². The highest BCUT2D eigenvalue weighted by Gasteiger charge is 2.49. The molecule has 2 aliphatic rings. The quantitative estimate of drug-likeness (QED) is 0.751. The van der Waals surface area contributed by atoms with Crippen LogP contribution in [0.3, 0.4) is 0 Å². The molecule has 0 spiro atoms. The van der Waals surface area contributed by atoms with Gasteiger partial charge in [-0.25, -0.2) is 0 Å². The molecule has 2 fully saturated rings. The van der Waals surface area contributed by atoms with Gasteiger partial charge in [0.2, 0.25) is 5.91 Å². The summed E-state index contributed by atoms with van der Waals surface area (Å²) in [5, 5.41) is 0. The van der Waals surface area contributed by atoms with E-state index in [2.05, 4.69) is 56.0 Å². The van der Waals surface area contributed by atoms with Crippen LogP contribution in [0.4, 0.5) is 0 Å². The molecule has 0 bridgehead atoms. The molecule has 2 atom stereocenters. The first-order chi connectivity index (χ1) is 9.93. The molecule has 3 rings (SSSR count). The van der Waals surface area contributed by atoms with Gasteiger partial charge in [-0.2, -0.15) is 0 Å². The lowest BCUT2D eigenvalue weighted by atomic mass is 9.70. The van der Waals surface area contributed by atoms with Crippen LogP contribution < -0.4 is 0 Å². The third kappa shape index (κ3) is 2.49. The normalized spacial score (nSPS) is 30.1. The van der Waals surface area contributed by atoms with Crippen LogP contribution in [-0.4, -0.2) is 17.4 Å². The molecule has 114 valence electrons. The molecule has 21 heavy (non-hydrogen) atoms. The monoisotopic (exact) mass is 285 g/mol. The summed E-state index contributed by atoms with van der Waals surface area (Å²) in [5.41, 5.74) is 1.56. The Morgan fingerprint density at radius 2 is 1.90 bits per heavy atom. The van der Waals surface area contributed by atoms with Gasteiger partial charge in [0.1, 0.15) is 0 Å². The predicted molar refractivity (Wildman–Crippen MR) is 85.9 cm³/mol. The zero-order valence-corrected chi connectivity index (χ0v) is 13.6.